The molecule has 0 aromatic carbocycles. The summed E-state index contributed by atoms with van der Waals surface area (Å²) in [6.45, 7) is 3.60. The zero-order valence-corrected chi connectivity index (χ0v) is 13.1. The second kappa shape index (κ2) is 7.60. The number of thioether (sulfide) groups is 1. The molecule has 0 unspecified atom stereocenters. The number of hydrogen-bond acceptors (Lipinski definition) is 6. The highest BCUT2D eigenvalue weighted by Gasteiger charge is 2.09. The summed E-state index contributed by atoms with van der Waals surface area (Å²) in [6, 6.07) is 5.29. The van der Waals surface area contributed by atoms with Gasteiger partial charge in [-0.1, -0.05) is 11.2 Å². The molecule has 0 aliphatic carbocycles. The number of aryl methyl sites for hydroxylation is 2. The van der Waals surface area contributed by atoms with Crippen molar-refractivity contribution in [3.8, 4) is 0 Å². The summed E-state index contributed by atoms with van der Waals surface area (Å²) in [4.78, 5) is 27.5. The van der Waals surface area contributed by atoms with Crippen molar-refractivity contribution < 1.29 is 14.1 Å². The van der Waals surface area contributed by atoms with E-state index in [1.165, 1.54) is 11.8 Å². The third kappa shape index (κ3) is 4.88. The first-order valence-corrected chi connectivity index (χ1v) is 7.72. The number of carbonyl (C=O) groups excluding carboxylic acids is 2. The minimum atomic E-state index is -0.236. The number of aromatic nitrogens is 2. The third-order valence-corrected chi connectivity index (χ3v) is 3.56. The molecule has 116 valence electrons. The van der Waals surface area contributed by atoms with E-state index >= 15 is 0 Å². The van der Waals surface area contributed by atoms with E-state index in [9.17, 15) is 9.59 Å². The van der Waals surface area contributed by atoms with E-state index < -0.39 is 0 Å². The van der Waals surface area contributed by atoms with E-state index in [2.05, 4.69) is 20.8 Å². The van der Waals surface area contributed by atoms with Crippen LogP contribution in [0.25, 0.3) is 0 Å². The van der Waals surface area contributed by atoms with Crippen molar-refractivity contribution in [2.75, 3.05) is 22.1 Å². The average molecular weight is 320 g/mol. The highest BCUT2D eigenvalue weighted by Crippen LogP contribution is 2.11. The molecule has 0 radical (unpaired) electrons. The number of nitrogens with one attached hydrogen (secondary N) is 2. The van der Waals surface area contributed by atoms with E-state index in [0.29, 0.717) is 17.4 Å². The Bertz CT molecular complexity index is 672. The molecule has 2 amide bonds. The zero-order valence-electron chi connectivity index (χ0n) is 12.3. The summed E-state index contributed by atoms with van der Waals surface area (Å²) in [6.07, 6.45) is 1.61. The van der Waals surface area contributed by atoms with Gasteiger partial charge in [0.15, 0.2) is 5.82 Å². The SMILES string of the molecule is Cc1cc(NC(=O)CSCC(=O)Nc2ncccc2C)no1. The van der Waals surface area contributed by atoms with Gasteiger partial charge < -0.3 is 15.2 Å². The van der Waals surface area contributed by atoms with Gasteiger partial charge in [0.1, 0.15) is 11.6 Å². The minimum Gasteiger partial charge on any atom is -0.360 e. The van der Waals surface area contributed by atoms with Crippen LogP contribution in [-0.4, -0.2) is 33.5 Å². The molecular weight excluding hydrogens is 304 g/mol. The van der Waals surface area contributed by atoms with Crippen molar-refractivity contribution in [3.63, 3.8) is 0 Å². The lowest BCUT2D eigenvalue weighted by molar-refractivity contribution is -0.114. The molecule has 0 aliphatic rings. The summed E-state index contributed by atoms with van der Waals surface area (Å²) in [7, 11) is 0. The summed E-state index contributed by atoms with van der Waals surface area (Å²) in [5.74, 6) is 1.42. The maximum Gasteiger partial charge on any atom is 0.235 e. The van der Waals surface area contributed by atoms with Crippen LogP contribution in [0.1, 0.15) is 11.3 Å². The van der Waals surface area contributed by atoms with Gasteiger partial charge >= 0.3 is 0 Å². The second-order valence-corrected chi connectivity index (χ2v) is 5.57. The molecule has 2 heterocycles. The molecule has 0 bridgehead atoms. The lowest BCUT2D eigenvalue weighted by Crippen LogP contribution is -2.19. The summed E-state index contributed by atoms with van der Waals surface area (Å²) < 4.78 is 4.84. The quantitative estimate of drug-likeness (QED) is 0.845. The summed E-state index contributed by atoms with van der Waals surface area (Å²) in [5, 5.41) is 8.95. The van der Waals surface area contributed by atoms with E-state index in [1.807, 2.05) is 13.0 Å². The normalized spacial score (nSPS) is 10.3. The van der Waals surface area contributed by atoms with Crippen LogP contribution in [0.3, 0.4) is 0 Å². The highest BCUT2D eigenvalue weighted by atomic mass is 32.2. The fourth-order valence-corrected chi connectivity index (χ4v) is 2.24. The van der Waals surface area contributed by atoms with Gasteiger partial charge in [-0.3, -0.25) is 9.59 Å². The molecular formula is C14H16N4O3S. The van der Waals surface area contributed by atoms with Crippen LogP contribution in [0, 0.1) is 13.8 Å². The van der Waals surface area contributed by atoms with E-state index in [-0.39, 0.29) is 23.3 Å². The van der Waals surface area contributed by atoms with Gasteiger partial charge in [-0.2, -0.15) is 0 Å². The molecule has 0 atom stereocenters. The lowest BCUT2D eigenvalue weighted by Gasteiger charge is -2.06. The molecule has 0 saturated carbocycles. The van der Waals surface area contributed by atoms with Crippen LogP contribution in [0.2, 0.25) is 0 Å². The predicted molar refractivity (Wildman–Crippen MR) is 84.8 cm³/mol. The molecule has 7 nitrogen and oxygen atoms in total. The number of pyridine rings is 1. The van der Waals surface area contributed by atoms with Crippen LogP contribution < -0.4 is 10.6 Å². The monoisotopic (exact) mass is 320 g/mol. The molecule has 2 rings (SSSR count). The molecule has 0 fully saturated rings. The first-order chi connectivity index (χ1) is 10.5. The molecule has 2 N–H and O–H groups in total. The third-order valence-electron chi connectivity index (χ3n) is 2.63. The number of hydrogen-bond donors (Lipinski definition) is 2. The summed E-state index contributed by atoms with van der Waals surface area (Å²) in [5.41, 5.74) is 0.889. The van der Waals surface area contributed by atoms with E-state index in [1.54, 1.807) is 25.3 Å². The number of anilines is 2. The fourth-order valence-electron chi connectivity index (χ4n) is 1.63. The topological polar surface area (TPSA) is 97.1 Å². The maximum atomic E-state index is 11.8. The average Bonchev–Trinajstić information content (AvgIpc) is 2.86. The van der Waals surface area contributed by atoms with Gasteiger partial charge in [-0.15, -0.1) is 11.8 Å². The highest BCUT2D eigenvalue weighted by molar-refractivity contribution is 8.00. The van der Waals surface area contributed by atoms with Crippen molar-refractivity contribution in [2.24, 2.45) is 0 Å². The molecule has 0 spiro atoms. The molecule has 2 aromatic heterocycles. The number of carbonyl (C=O) groups is 2. The van der Waals surface area contributed by atoms with E-state index in [0.717, 1.165) is 5.56 Å². The van der Waals surface area contributed by atoms with Crippen LogP contribution in [0.5, 0.6) is 0 Å². The molecule has 0 saturated heterocycles. The second-order valence-electron chi connectivity index (χ2n) is 4.58. The molecule has 0 aliphatic heterocycles. The Morgan fingerprint density at radius 2 is 1.95 bits per heavy atom. The number of nitrogens with zero attached hydrogens (tertiary/aromatic N) is 2. The Kier molecular flexibility index (Phi) is 5.54. The van der Waals surface area contributed by atoms with Gasteiger partial charge in [0.05, 0.1) is 11.5 Å². The number of amides is 2. The Morgan fingerprint density at radius 1 is 1.23 bits per heavy atom. The summed E-state index contributed by atoms with van der Waals surface area (Å²) >= 11 is 1.21. The van der Waals surface area contributed by atoms with Crippen LogP contribution in [-0.2, 0) is 9.59 Å². The molecule has 8 heteroatoms. The van der Waals surface area contributed by atoms with Gasteiger partial charge in [0.2, 0.25) is 11.8 Å². The fraction of sp³-hybridized carbons (Fsp3) is 0.286. The zero-order chi connectivity index (χ0) is 15.9. The van der Waals surface area contributed by atoms with Crippen LogP contribution in [0.15, 0.2) is 28.9 Å². The van der Waals surface area contributed by atoms with E-state index in [4.69, 9.17) is 4.52 Å². The number of rotatable bonds is 6. The van der Waals surface area contributed by atoms with Gasteiger partial charge in [-0.25, -0.2) is 4.98 Å². The van der Waals surface area contributed by atoms with Crippen LogP contribution >= 0.6 is 11.8 Å². The van der Waals surface area contributed by atoms with Crippen molar-refractivity contribution in [2.45, 2.75) is 13.8 Å². The van der Waals surface area contributed by atoms with Crippen LogP contribution in [0.4, 0.5) is 11.6 Å². The van der Waals surface area contributed by atoms with Crippen molar-refractivity contribution in [1.29, 1.82) is 0 Å². The van der Waals surface area contributed by atoms with Crippen molar-refractivity contribution >= 4 is 35.2 Å². The Hall–Kier alpha value is -2.35. The van der Waals surface area contributed by atoms with Crippen molar-refractivity contribution in [1.82, 2.24) is 10.1 Å². The Labute approximate surface area is 131 Å². The minimum absolute atomic E-state index is 0.153. The van der Waals surface area contributed by atoms with Crippen molar-refractivity contribution in [3.05, 3.63) is 35.7 Å². The molecule has 2 aromatic rings. The maximum absolute atomic E-state index is 11.8. The van der Waals surface area contributed by atoms with Gasteiger partial charge in [0, 0.05) is 12.3 Å². The first kappa shape index (κ1) is 16.0. The smallest absolute Gasteiger partial charge is 0.235 e. The first-order valence-electron chi connectivity index (χ1n) is 6.57. The predicted octanol–water partition coefficient (Wildman–Crippen LogP) is 2.00. The molecule has 22 heavy (non-hydrogen) atoms. The standard InChI is InChI=1S/C14H16N4O3S/c1-9-4-3-5-15-14(9)17-13(20)8-22-7-12(19)16-11-6-10(2)21-18-11/h3-6H,7-8H2,1-2H3,(H,15,17,20)(H,16,18,19). The van der Waals surface area contributed by atoms with Gasteiger partial charge in [0.25, 0.3) is 0 Å². The lowest BCUT2D eigenvalue weighted by atomic mass is 10.3. The Morgan fingerprint density at radius 3 is 2.59 bits per heavy atom. The van der Waals surface area contributed by atoms with Gasteiger partial charge in [-0.05, 0) is 25.5 Å². The Balaban J connectivity index is 1.70. The largest absolute Gasteiger partial charge is 0.360 e.